The molecule has 142 valence electrons. The number of carbonyl (C=O) groups is 1. The molecule has 0 spiro atoms. The summed E-state index contributed by atoms with van der Waals surface area (Å²) >= 11 is 0. The van der Waals surface area contributed by atoms with E-state index in [1.165, 1.54) is 23.4 Å². The molecule has 3 aliphatic rings. The molecule has 1 N–H and O–H groups in total. The van der Waals surface area contributed by atoms with Crippen LogP contribution in [0.4, 0.5) is 5.69 Å². The Morgan fingerprint density at radius 3 is 2.58 bits per heavy atom. The van der Waals surface area contributed by atoms with E-state index in [4.69, 9.17) is 0 Å². The maximum atomic E-state index is 13.0. The second-order valence-corrected chi connectivity index (χ2v) is 9.87. The SMILES string of the molecule is CN(C(=O)c1ccc2c(c1)CCCN2S(C)(=O)=O)C1CC2CCC(C1)N2. The summed E-state index contributed by atoms with van der Waals surface area (Å²) in [6.07, 6.45) is 7.29. The van der Waals surface area contributed by atoms with E-state index in [1.54, 1.807) is 12.1 Å². The van der Waals surface area contributed by atoms with Crippen molar-refractivity contribution in [2.45, 2.75) is 56.7 Å². The Labute approximate surface area is 155 Å². The second kappa shape index (κ2) is 6.53. The van der Waals surface area contributed by atoms with Gasteiger partial charge in [0.15, 0.2) is 0 Å². The molecule has 1 aromatic carbocycles. The first kappa shape index (κ1) is 17.8. The number of rotatable bonds is 3. The molecule has 2 saturated heterocycles. The predicted molar refractivity (Wildman–Crippen MR) is 102 cm³/mol. The number of fused-ring (bicyclic) bond motifs is 3. The molecule has 4 rings (SSSR count). The van der Waals surface area contributed by atoms with Gasteiger partial charge in [0.25, 0.3) is 5.91 Å². The number of anilines is 1. The second-order valence-electron chi connectivity index (χ2n) is 7.96. The lowest BCUT2D eigenvalue weighted by Crippen LogP contribution is -2.48. The summed E-state index contributed by atoms with van der Waals surface area (Å²) in [5.74, 6) is 0.0376. The molecule has 6 nitrogen and oxygen atoms in total. The largest absolute Gasteiger partial charge is 0.339 e. The normalized spacial score (nSPS) is 27.9. The van der Waals surface area contributed by atoms with Gasteiger partial charge in [0.05, 0.1) is 11.9 Å². The van der Waals surface area contributed by atoms with Crippen LogP contribution in [-0.2, 0) is 16.4 Å². The van der Waals surface area contributed by atoms with Gasteiger partial charge in [0, 0.05) is 37.3 Å². The molecule has 3 aliphatic heterocycles. The minimum Gasteiger partial charge on any atom is -0.339 e. The minimum atomic E-state index is -3.28. The third-order valence-electron chi connectivity index (χ3n) is 6.12. The fourth-order valence-electron chi connectivity index (χ4n) is 4.75. The first-order valence-electron chi connectivity index (χ1n) is 9.47. The van der Waals surface area contributed by atoms with E-state index in [9.17, 15) is 13.2 Å². The first-order valence-corrected chi connectivity index (χ1v) is 11.3. The molecule has 0 saturated carbocycles. The summed E-state index contributed by atoms with van der Waals surface area (Å²) in [7, 11) is -1.38. The molecule has 0 aliphatic carbocycles. The molecule has 0 radical (unpaired) electrons. The number of sulfonamides is 1. The number of nitrogens with zero attached hydrogens (tertiary/aromatic N) is 2. The van der Waals surface area contributed by atoms with Crippen LogP contribution in [0.3, 0.4) is 0 Å². The number of nitrogens with one attached hydrogen (secondary N) is 1. The molecule has 1 amide bonds. The maximum Gasteiger partial charge on any atom is 0.253 e. The lowest BCUT2D eigenvalue weighted by Gasteiger charge is -2.36. The minimum absolute atomic E-state index is 0.0376. The van der Waals surface area contributed by atoms with Crippen molar-refractivity contribution < 1.29 is 13.2 Å². The van der Waals surface area contributed by atoms with Crippen molar-refractivity contribution in [2.24, 2.45) is 0 Å². The van der Waals surface area contributed by atoms with Gasteiger partial charge in [-0.15, -0.1) is 0 Å². The van der Waals surface area contributed by atoms with Crippen molar-refractivity contribution in [3.05, 3.63) is 29.3 Å². The van der Waals surface area contributed by atoms with Crippen molar-refractivity contribution in [1.29, 1.82) is 0 Å². The van der Waals surface area contributed by atoms with Crippen LogP contribution in [0.15, 0.2) is 18.2 Å². The Morgan fingerprint density at radius 1 is 1.23 bits per heavy atom. The number of benzene rings is 1. The lowest BCUT2D eigenvalue weighted by atomic mass is 9.96. The van der Waals surface area contributed by atoms with E-state index in [0.29, 0.717) is 24.2 Å². The summed E-state index contributed by atoms with van der Waals surface area (Å²) in [4.78, 5) is 14.9. The van der Waals surface area contributed by atoms with Gasteiger partial charge in [0.1, 0.15) is 0 Å². The molecule has 2 bridgehead atoms. The Morgan fingerprint density at radius 2 is 1.92 bits per heavy atom. The van der Waals surface area contributed by atoms with Crippen molar-refractivity contribution in [1.82, 2.24) is 10.2 Å². The van der Waals surface area contributed by atoms with Gasteiger partial charge in [-0.05, 0) is 62.3 Å². The average Bonchev–Trinajstić information content (AvgIpc) is 2.96. The van der Waals surface area contributed by atoms with Crippen LogP contribution < -0.4 is 9.62 Å². The summed E-state index contributed by atoms with van der Waals surface area (Å²) in [5.41, 5.74) is 2.33. The van der Waals surface area contributed by atoms with Crippen LogP contribution in [0.25, 0.3) is 0 Å². The first-order chi connectivity index (χ1) is 12.3. The highest BCUT2D eigenvalue weighted by molar-refractivity contribution is 7.92. The molecule has 3 heterocycles. The monoisotopic (exact) mass is 377 g/mol. The molecule has 7 heteroatoms. The topological polar surface area (TPSA) is 69.7 Å². The van der Waals surface area contributed by atoms with Crippen LogP contribution in [0.1, 0.15) is 48.0 Å². The van der Waals surface area contributed by atoms with Crippen molar-refractivity contribution in [2.75, 3.05) is 24.2 Å². The quantitative estimate of drug-likeness (QED) is 0.871. The summed E-state index contributed by atoms with van der Waals surface area (Å²) in [6, 6.07) is 6.83. The standard InChI is InChI=1S/C19H27N3O3S/c1-21(17-11-15-6-7-16(12-17)20-15)19(23)14-5-8-18-13(10-14)4-3-9-22(18)26(2,24)25/h5,8,10,15-17,20H,3-4,6-7,9,11-12H2,1-2H3. The number of aryl methyl sites for hydroxylation is 1. The molecule has 2 fully saturated rings. The van der Waals surface area contributed by atoms with E-state index < -0.39 is 10.0 Å². The Kier molecular flexibility index (Phi) is 4.47. The average molecular weight is 378 g/mol. The predicted octanol–water partition coefficient (Wildman–Crippen LogP) is 1.75. The zero-order chi connectivity index (χ0) is 18.5. The van der Waals surface area contributed by atoms with Crippen LogP contribution >= 0.6 is 0 Å². The van der Waals surface area contributed by atoms with E-state index in [0.717, 1.165) is 36.9 Å². The van der Waals surface area contributed by atoms with Crippen LogP contribution in [0.5, 0.6) is 0 Å². The number of hydrogen-bond donors (Lipinski definition) is 1. The molecule has 26 heavy (non-hydrogen) atoms. The van der Waals surface area contributed by atoms with E-state index in [2.05, 4.69) is 5.32 Å². The Bertz CT molecular complexity index is 811. The zero-order valence-corrected chi connectivity index (χ0v) is 16.3. The Balaban J connectivity index is 1.55. The third-order valence-corrected chi connectivity index (χ3v) is 7.30. The van der Waals surface area contributed by atoms with E-state index in [-0.39, 0.29) is 11.9 Å². The van der Waals surface area contributed by atoms with Crippen LogP contribution in [0, 0.1) is 0 Å². The van der Waals surface area contributed by atoms with Gasteiger partial charge >= 0.3 is 0 Å². The van der Waals surface area contributed by atoms with Gasteiger partial charge in [-0.2, -0.15) is 0 Å². The smallest absolute Gasteiger partial charge is 0.253 e. The van der Waals surface area contributed by atoms with Crippen molar-refractivity contribution in [3.63, 3.8) is 0 Å². The van der Waals surface area contributed by atoms with E-state index in [1.807, 2.05) is 18.0 Å². The van der Waals surface area contributed by atoms with Gasteiger partial charge in [-0.1, -0.05) is 0 Å². The molecular formula is C19H27N3O3S. The molecule has 2 unspecified atom stereocenters. The highest BCUT2D eigenvalue weighted by Gasteiger charge is 2.36. The number of carbonyl (C=O) groups excluding carboxylic acids is 1. The highest BCUT2D eigenvalue weighted by atomic mass is 32.2. The maximum absolute atomic E-state index is 13.0. The number of hydrogen-bond acceptors (Lipinski definition) is 4. The third kappa shape index (κ3) is 3.22. The number of piperidine rings is 1. The van der Waals surface area contributed by atoms with Crippen molar-refractivity contribution >= 4 is 21.6 Å². The summed E-state index contributed by atoms with van der Waals surface area (Å²) < 4.78 is 25.4. The van der Waals surface area contributed by atoms with Gasteiger partial charge in [-0.3, -0.25) is 9.10 Å². The summed E-state index contributed by atoms with van der Waals surface area (Å²) in [5, 5.41) is 3.61. The van der Waals surface area contributed by atoms with Gasteiger partial charge in [-0.25, -0.2) is 8.42 Å². The molecular weight excluding hydrogens is 350 g/mol. The fourth-order valence-corrected chi connectivity index (χ4v) is 5.75. The number of amides is 1. The highest BCUT2D eigenvalue weighted by Crippen LogP contribution is 2.32. The van der Waals surface area contributed by atoms with Gasteiger partial charge in [0.2, 0.25) is 10.0 Å². The Hall–Kier alpha value is -1.60. The van der Waals surface area contributed by atoms with Crippen LogP contribution in [0.2, 0.25) is 0 Å². The van der Waals surface area contributed by atoms with Crippen molar-refractivity contribution in [3.8, 4) is 0 Å². The molecule has 1 aromatic rings. The lowest BCUT2D eigenvalue weighted by molar-refractivity contribution is 0.0681. The van der Waals surface area contributed by atoms with E-state index >= 15 is 0 Å². The zero-order valence-electron chi connectivity index (χ0n) is 15.4. The fraction of sp³-hybridized carbons (Fsp3) is 0.632. The van der Waals surface area contributed by atoms with Crippen LogP contribution in [-0.4, -0.2) is 57.2 Å². The molecule has 0 aromatic heterocycles. The van der Waals surface area contributed by atoms with Gasteiger partial charge < -0.3 is 10.2 Å². The molecule has 2 atom stereocenters. The summed E-state index contributed by atoms with van der Waals surface area (Å²) in [6.45, 7) is 0.511.